The van der Waals surface area contributed by atoms with Gasteiger partial charge >= 0.3 is 5.97 Å². The Labute approximate surface area is 189 Å². The number of Topliss-reactive ketones (excluding diaryl/α,β-unsaturated/α-hetero) is 1. The summed E-state index contributed by atoms with van der Waals surface area (Å²) >= 11 is 0. The molecule has 0 saturated carbocycles. The Kier molecular flexibility index (Phi) is 6.24. The Bertz CT molecular complexity index is 1130. The molecule has 1 aliphatic carbocycles. The number of carbonyl (C=O) groups excluding carboxylic acids is 2. The van der Waals surface area contributed by atoms with Crippen molar-refractivity contribution in [2.75, 3.05) is 0 Å². The smallest absolute Gasteiger partial charge is 0.356 e. The molecule has 0 amide bonds. The van der Waals surface area contributed by atoms with Gasteiger partial charge < -0.3 is 4.84 Å². The van der Waals surface area contributed by atoms with Crippen molar-refractivity contribution in [1.29, 1.82) is 0 Å². The number of benzene rings is 3. The number of nitrogens with one attached hydrogen (secondary N) is 1. The summed E-state index contributed by atoms with van der Waals surface area (Å²) in [7, 11) is 0. The minimum Gasteiger partial charge on any atom is -0.366 e. The van der Waals surface area contributed by atoms with Gasteiger partial charge in [0.05, 0.1) is 5.56 Å². The van der Waals surface area contributed by atoms with Crippen molar-refractivity contribution >= 4 is 11.8 Å². The van der Waals surface area contributed by atoms with Crippen molar-refractivity contribution in [3.63, 3.8) is 0 Å². The topological polar surface area (TPSA) is 55.4 Å². The predicted octanol–water partition coefficient (Wildman–Crippen LogP) is 6.10. The van der Waals surface area contributed by atoms with E-state index in [1.807, 2.05) is 25.1 Å². The molecular weight excluding hydrogens is 398 g/mol. The third kappa shape index (κ3) is 3.65. The summed E-state index contributed by atoms with van der Waals surface area (Å²) in [4.78, 5) is 30.8. The average molecular weight is 428 g/mol. The van der Waals surface area contributed by atoms with Gasteiger partial charge in [0.15, 0.2) is 5.78 Å². The highest BCUT2D eigenvalue weighted by atomic mass is 16.7. The van der Waals surface area contributed by atoms with Crippen LogP contribution in [0.15, 0.2) is 72.8 Å². The molecule has 4 nitrogen and oxygen atoms in total. The third-order valence-corrected chi connectivity index (χ3v) is 6.79. The van der Waals surface area contributed by atoms with Gasteiger partial charge in [-0.3, -0.25) is 4.79 Å². The van der Waals surface area contributed by atoms with Gasteiger partial charge in [0, 0.05) is 11.0 Å². The van der Waals surface area contributed by atoms with Gasteiger partial charge in [0.25, 0.3) is 0 Å². The highest BCUT2D eigenvalue weighted by Gasteiger charge is 2.40. The molecule has 1 aliphatic rings. The van der Waals surface area contributed by atoms with E-state index in [9.17, 15) is 9.59 Å². The number of hydrogen-bond acceptors (Lipinski definition) is 4. The second-order valence-corrected chi connectivity index (χ2v) is 8.29. The fourth-order valence-electron chi connectivity index (χ4n) is 4.90. The average Bonchev–Trinajstić information content (AvgIpc) is 3.14. The van der Waals surface area contributed by atoms with Crippen LogP contribution in [0.4, 0.5) is 0 Å². The first-order valence-corrected chi connectivity index (χ1v) is 11.4. The maximum Gasteiger partial charge on any atom is 0.356 e. The fourth-order valence-corrected chi connectivity index (χ4v) is 4.90. The van der Waals surface area contributed by atoms with Crippen molar-refractivity contribution in [2.24, 2.45) is 0 Å². The molecule has 0 aromatic heterocycles. The van der Waals surface area contributed by atoms with Gasteiger partial charge in [0.1, 0.15) is 6.04 Å². The van der Waals surface area contributed by atoms with Crippen LogP contribution in [-0.4, -0.2) is 17.8 Å². The van der Waals surface area contributed by atoms with Crippen molar-refractivity contribution in [1.82, 2.24) is 5.48 Å². The maximum atomic E-state index is 13.3. The molecule has 4 heteroatoms. The summed E-state index contributed by atoms with van der Waals surface area (Å²) in [5.41, 5.74) is 8.70. The number of carbonyl (C=O) groups is 2. The highest BCUT2D eigenvalue weighted by molar-refractivity contribution is 6.01. The van der Waals surface area contributed by atoms with Gasteiger partial charge in [-0.2, -0.15) is 0 Å². The second-order valence-electron chi connectivity index (χ2n) is 8.29. The molecule has 164 valence electrons. The van der Waals surface area contributed by atoms with Crippen molar-refractivity contribution in [3.8, 4) is 11.1 Å². The van der Waals surface area contributed by atoms with E-state index in [0.29, 0.717) is 17.5 Å². The van der Waals surface area contributed by atoms with Gasteiger partial charge in [-0.15, -0.1) is 5.48 Å². The van der Waals surface area contributed by atoms with Gasteiger partial charge in [-0.05, 0) is 59.7 Å². The number of rotatable bonds is 8. The predicted molar refractivity (Wildman–Crippen MR) is 127 cm³/mol. The molecule has 1 unspecified atom stereocenters. The molecular formula is C28H29NO3. The Balaban J connectivity index is 1.60. The molecule has 0 spiro atoms. The lowest BCUT2D eigenvalue weighted by molar-refractivity contribution is 0.0160. The molecule has 3 aromatic carbocycles. The van der Waals surface area contributed by atoms with Crippen molar-refractivity contribution in [3.05, 3.63) is 95.1 Å². The molecule has 0 fully saturated rings. The Morgan fingerprint density at radius 1 is 0.812 bits per heavy atom. The summed E-state index contributed by atoms with van der Waals surface area (Å²) in [6.45, 7) is 6.32. The van der Waals surface area contributed by atoms with Crippen LogP contribution in [0.5, 0.6) is 0 Å². The lowest BCUT2D eigenvalue weighted by Crippen LogP contribution is -2.38. The Morgan fingerprint density at radius 2 is 1.47 bits per heavy atom. The van der Waals surface area contributed by atoms with Crippen LogP contribution in [0, 0.1) is 0 Å². The lowest BCUT2D eigenvalue weighted by Gasteiger charge is -2.30. The minimum atomic E-state index is -0.609. The van der Waals surface area contributed by atoms with E-state index in [0.717, 1.165) is 12.8 Å². The number of fused-ring (bicyclic) bond motifs is 3. The van der Waals surface area contributed by atoms with E-state index in [4.69, 9.17) is 4.84 Å². The SMILES string of the molecule is CCC(NOC(=O)c1ccccc1)C(=O)c1ccc2c(c1)C(CC)(CC)c1ccccc1-2. The summed E-state index contributed by atoms with van der Waals surface area (Å²) in [6.07, 6.45) is 2.44. The maximum absolute atomic E-state index is 13.3. The van der Waals surface area contributed by atoms with E-state index >= 15 is 0 Å². The van der Waals surface area contributed by atoms with Crippen LogP contribution >= 0.6 is 0 Å². The third-order valence-electron chi connectivity index (χ3n) is 6.79. The van der Waals surface area contributed by atoms with Crippen LogP contribution in [0.2, 0.25) is 0 Å². The van der Waals surface area contributed by atoms with E-state index < -0.39 is 12.0 Å². The van der Waals surface area contributed by atoms with E-state index in [2.05, 4.69) is 49.7 Å². The molecule has 32 heavy (non-hydrogen) atoms. The van der Waals surface area contributed by atoms with Crippen LogP contribution in [-0.2, 0) is 10.3 Å². The summed E-state index contributed by atoms with van der Waals surface area (Å²) in [5.74, 6) is -0.578. The molecule has 1 N–H and O–H groups in total. The van der Waals surface area contributed by atoms with Crippen LogP contribution < -0.4 is 5.48 Å². The molecule has 3 aromatic rings. The van der Waals surface area contributed by atoms with E-state index in [1.165, 1.54) is 22.3 Å². The van der Waals surface area contributed by atoms with Gasteiger partial charge in [-0.25, -0.2) is 4.79 Å². The number of hydroxylamine groups is 1. The highest BCUT2D eigenvalue weighted by Crippen LogP contribution is 2.52. The van der Waals surface area contributed by atoms with Crippen molar-refractivity contribution < 1.29 is 14.4 Å². The van der Waals surface area contributed by atoms with Crippen molar-refractivity contribution in [2.45, 2.75) is 51.5 Å². The van der Waals surface area contributed by atoms with Crippen LogP contribution in [0.1, 0.15) is 71.9 Å². The molecule has 0 bridgehead atoms. The lowest BCUT2D eigenvalue weighted by atomic mass is 9.73. The second kappa shape index (κ2) is 9.09. The summed E-state index contributed by atoms with van der Waals surface area (Å²) in [5, 5.41) is 0. The first-order chi connectivity index (χ1) is 15.6. The molecule has 0 saturated heterocycles. The number of ketones is 1. The molecule has 0 radical (unpaired) electrons. The Morgan fingerprint density at radius 3 is 2.16 bits per heavy atom. The number of hydrogen-bond donors (Lipinski definition) is 1. The first-order valence-electron chi connectivity index (χ1n) is 11.4. The summed E-state index contributed by atoms with van der Waals surface area (Å²) in [6, 6.07) is 22.7. The van der Waals surface area contributed by atoms with E-state index in [-0.39, 0.29) is 11.2 Å². The standard InChI is InChI=1S/C28H29NO3/c1-4-25(29-32-27(31)19-12-8-7-9-13-19)26(30)20-16-17-22-21-14-10-11-15-23(21)28(5-2,6-3)24(22)18-20/h7-18,25,29H,4-6H2,1-3H3. The first kappa shape index (κ1) is 22.0. The van der Waals surface area contributed by atoms with Crippen LogP contribution in [0.25, 0.3) is 11.1 Å². The largest absolute Gasteiger partial charge is 0.366 e. The van der Waals surface area contributed by atoms with Gasteiger partial charge in [-0.1, -0.05) is 75.4 Å². The Hall–Kier alpha value is -3.24. The minimum absolute atomic E-state index is 0.0757. The normalized spacial score (nSPS) is 14.3. The monoisotopic (exact) mass is 427 g/mol. The molecule has 0 heterocycles. The quantitative estimate of drug-likeness (QED) is 0.349. The zero-order valence-corrected chi connectivity index (χ0v) is 18.9. The van der Waals surface area contributed by atoms with Crippen LogP contribution in [0.3, 0.4) is 0 Å². The molecule has 1 atom stereocenters. The van der Waals surface area contributed by atoms with E-state index in [1.54, 1.807) is 24.3 Å². The van der Waals surface area contributed by atoms with Gasteiger partial charge in [0.2, 0.25) is 0 Å². The molecule has 4 rings (SSSR count). The zero-order valence-electron chi connectivity index (χ0n) is 18.9. The zero-order chi connectivity index (χ0) is 22.7. The molecule has 0 aliphatic heterocycles. The summed E-state index contributed by atoms with van der Waals surface area (Å²) < 4.78 is 0. The fraction of sp³-hybridized carbons (Fsp3) is 0.286.